The van der Waals surface area contributed by atoms with Crippen molar-refractivity contribution in [2.45, 2.75) is 6.54 Å². The molecule has 3 aromatic rings. The number of amides is 1. The summed E-state index contributed by atoms with van der Waals surface area (Å²) in [6.07, 6.45) is 1.58. The van der Waals surface area contributed by atoms with E-state index in [4.69, 9.17) is 0 Å². The van der Waals surface area contributed by atoms with Crippen LogP contribution in [0.4, 0.5) is 21.5 Å². The number of carbonyl (C=O) groups is 1. The van der Waals surface area contributed by atoms with Crippen LogP contribution in [-0.2, 0) is 6.54 Å². The number of anilines is 3. The molecule has 0 saturated carbocycles. The Morgan fingerprint density at radius 3 is 2.37 bits per heavy atom. The van der Waals surface area contributed by atoms with E-state index >= 15 is 0 Å². The quantitative estimate of drug-likeness (QED) is 0.690. The third-order valence-corrected chi connectivity index (χ3v) is 4.04. The van der Waals surface area contributed by atoms with Crippen molar-refractivity contribution >= 4 is 23.0 Å². The van der Waals surface area contributed by atoms with Gasteiger partial charge in [0.2, 0.25) is 0 Å². The van der Waals surface area contributed by atoms with E-state index in [0.29, 0.717) is 17.9 Å². The monoisotopic (exact) mass is 364 g/mol. The zero-order valence-electron chi connectivity index (χ0n) is 15.2. The molecule has 2 N–H and O–H groups in total. The highest BCUT2D eigenvalue weighted by molar-refractivity contribution is 6.03. The van der Waals surface area contributed by atoms with Crippen molar-refractivity contribution in [3.05, 3.63) is 83.9 Å². The van der Waals surface area contributed by atoms with Crippen LogP contribution in [0.15, 0.2) is 66.9 Å². The molecule has 2 aromatic carbocycles. The Labute approximate surface area is 157 Å². The van der Waals surface area contributed by atoms with Gasteiger partial charge in [0.25, 0.3) is 5.91 Å². The summed E-state index contributed by atoms with van der Waals surface area (Å²) in [6.45, 7) is 0.525. The molecule has 5 nitrogen and oxygen atoms in total. The Kier molecular flexibility index (Phi) is 5.66. The Hall–Kier alpha value is -3.41. The fourth-order valence-electron chi connectivity index (χ4n) is 2.51. The van der Waals surface area contributed by atoms with Crippen LogP contribution in [0.5, 0.6) is 0 Å². The maximum atomic E-state index is 13.0. The number of halogens is 1. The van der Waals surface area contributed by atoms with Gasteiger partial charge in [0.15, 0.2) is 0 Å². The lowest BCUT2D eigenvalue weighted by Crippen LogP contribution is -2.14. The predicted molar refractivity (Wildman–Crippen MR) is 107 cm³/mol. The summed E-state index contributed by atoms with van der Waals surface area (Å²) >= 11 is 0. The lowest BCUT2D eigenvalue weighted by atomic mass is 10.2. The van der Waals surface area contributed by atoms with Gasteiger partial charge in [0.1, 0.15) is 11.5 Å². The summed E-state index contributed by atoms with van der Waals surface area (Å²) in [7, 11) is 3.92. The van der Waals surface area contributed by atoms with Crippen LogP contribution < -0.4 is 15.5 Å². The van der Waals surface area contributed by atoms with Crippen LogP contribution >= 0.6 is 0 Å². The van der Waals surface area contributed by atoms with Gasteiger partial charge in [-0.1, -0.05) is 12.1 Å². The zero-order valence-corrected chi connectivity index (χ0v) is 15.2. The maximum absolute atomic E-state index is 13.0. The van der Waals surface area contributed by atoms with Crippen LogP contribution in [0.1, 0.15) is 16.1 Å². The number of benzene rings is 2. The average molecular weight is 364 g/mol. The summed E-state index contributed by atoms with van der Waals surface area (Å²) in [4.78, 5) is 18.6. The number of carbonyl (C=O) groups excluding carboxylic acids is 1. The van der Waals surface area contributed by atoms with Crippen molar-refractivity contribution < 1.29 is 9.18 Å². The van der Waals surface area contributed by atoms with Crippen LogP contribution in [0, 0.1) is 5.82 Å². The van der Waals surface area contributed by atoms with Crippen molar-refractivity contribution in [3.8, 4) is 0 Å². The molecule has 0 aliphatic heterocycles. The van der Waals surface area contributed by atoms with Crippen LogP contribution in [0.3, 0.4) is 0 Å². The highest BCUT2D eigenvalue weighted by Gasteiger charge is 2.09. The molecular formula is C21H21FN4O. The number of rotatable bonds is 6. The van der Waals surface area contributed by atoms with E-state index in [0.717, 1.165) is 16.9 Å². The van der Waals surface area contributed by atoms with E-state index in [1.807, 2.05) is 43.3 Å². The molecule has 0 aliphatic rings. The minimum absolute atomic E-state index is 0.264. The average Bonchev–Trinajstić information content (AvgIpc) is 2.68. The molecule has 6 heteroatoms. The van der Waals surface area contributed by atoms with E-state index in [2.05, 4.69) is 15.6 Å². The smallest absolute Gasteiger partial charge is 0.274 e. The molecule has 0 bridgehead atoms. The molecule has 1 aromatic heterocycles. The first-order chi connectivity index (χ1) is 13.0. The molecular weight excluding hydrogens is 343 g/mol. The summed E-state index contributed by atoms with van der Waals surface area (Å²) < 4.78 is 13.0. The van der Waals surface area contributed by atoms with Gasteiger partial charge in [0.05, 0.1) is 0 Å². The van der Waals surface area contributed by atoms with Crippen molar-refractivity contribution in [2.24, 2.45) is 0 Å². The standard InChI is InChI=1S/C21H21FN4O/c1-26(2)19-9-7-17(8-10-19)25-21(27)20-13-18(11-12-23-20)24-14-15-3-5-16(22)6-4-15/h3-13H,14H2,1-2H3,(H,23,24)(H,25,27). The molecule has 0 unspecified atom stereocenters. The van der Waals surface area contributed by atoms with E-state index in [9.17, 15) is 9.18 Å². The second-order valence-corrected chi connectivity index (χ2v) is 6.31. The van der Waals surface area contributed by atoms with E-state index in [-0.39, 0.29) is 11.7 Å². The molecule has 0 aliphatic carbocycles. The summed E-state index contributed by atoms with van der Waals surface area (Å²) in [5.41, 5.74) is 3.79. The summed E-state index contributed by atoms with van der Waals surface area (Å²) in [6, 6.07) is 17.3. The molecule has 0 fully saturated rings. The van der Waals surface area contributed by atoms with E-state index in [1.165, 1.54) is 12.1 Å². The molecule has 0 saturated heterocycles. The molecule has 138 valence electrons. The highest BCUT2D eigenvalue weighted by atomic mass is 19.1. The highest BCUT2D eigenvalue weighted by Crippen LogP contribution is 2.17. The molecule has 0 atom stereocenters. The second-order valence-electron chi connectivity index (χ2n) is 6.31. The Morgan fingerprint density at radius 2 is 1.70 bits per heavy atom. The Morgan fingerprint density at radius 1 is 1.00 bits per heavy atom. The molecule has 27 heavy (non-hydrogen) atoms. The number of hydrogen-bond donors (Lipinski definition) is 2. The molecule has 1 amide bonds. The Bertz CT molecular complexity index is 908. The van der Waals surface area contributed by atoms with Gasteiger partial charge < -0.3 is 15.5 Å². The normalized spacial score (nSPS) is 10.3. The third kappa shape index (κ3) is 5.04. The fourth-order valence-corrected chi connectivity index (χ4v) is 2.51. The van der Waals surface area contributed by atoms with E-state index < -0.39 is 0 Å². The molecule has 1 heterocycles. The molecule has 3 rings (SSSR count). The minimum atomic E-state index is -0.280. The lowest BCUT2D eigenvalue weighted by Gasteiger charge is -2.13. The van der Waals surface area contributed by atoms with Crippen LogP contribution in [0.2, 0.25) is 0 Å². The number of hydrogen-bond acceptors (Lipinski definition) is 4. The topological polar surface area (TPSA) is 57.3 Å². The predicted octanol–water partition coefficient (Wildman–Crippen LogP) is 4.15. The van der Waals surface area contributed by atoms with E-state index in [1.54, 1.807) is 30.5 Å². The van der Waals surface area contributed by atoms with Crippen LogP contribution in [0.25, 0.3) is 0 Å². The van der Waals surface area contributed by atoms with Crippen molar-refractivity contribution in [2.75, 3.05) is 29.6 Å². The van der Waals surface area contributed by atoms with Gasteiger partial charge in [-0.25, -0.2) is 4.39 Å². The first kappa shape index (κ1) is 18.4. The van der Waals surface area contributed by atoms with Gasteiger partial charge in [0, 0.05) is 43.9 Å². The summed E-state index contributed by atoms with van der Waals surface area (Å²) in [5, 5.41) is 6.05. The molecule has 0 spiro atoms. The molecule has 0 radical (unpaired) electrons. The van der Waals surface area contributed by atoms with Gasteiger partial charge in [-0.3, -0.25) is 9.78 Å². The number of aromatic nitrogens is 1. The van der Waals surface area contributed by atoms with Crippen molar-refractivity contribution in [1.29, 1.82) is 0 Å². The van der Waals surface area contributed by atoms with Gasteiger partial charge in [-0.15, -0.1) is 0 Å². The largest absolute Gasteiger partial charge is 0.381 e. The van der Waals surface area contributed by atoms with Gasteiger partial charge in [-0.2, -0.15) is 0 Å². The van der Waals surface area contributed by atoms with Gasteiger partial charge in [-0.05, 0) is 54.1 Å². The lowest BCUT2D eigenvalue weighted by molar-refractivity contribution is 0.102. The summed E-state index contributed by atoms with van der Waals surface area (Å²) in [5.74, 6) is -0.543. The first-order valence-corrected chi connectivity index (χ1v) is 8.54. The zero-order chi connectivity index (χ0) is 19.2. The second kappa shape index (κ2) is 8.31. The maximum Gasteiger partial charge on any atom is 0.274 e. The fraction of sp³-hybridized carbons (Fsp3) is 0.143. The van der Waals surface area contributed by atoms with Crippen molar-refractivity contribution in [1.82, 2.24) is 4.98 Å². The number of pyridine rings is 1. The SMILES string of the molecule is CN(C)c1ccc(NC(=O)c2cc(NCc3ccc(F)cc3)ccn2)cc1. The minimum Gasteiger partial charge on any atom is -0.381 e. The van der Waals surface area contributed by atoms with Gasteiger partial charge >= 0.3 is 0 Å². The van der Waals surface area contributed by atoms with Crippen LogP contribution in [-0.4, -0.2) is 25.0 Å². The number of nitrogens with zero attached hydrogens (tertiary/aromatic N) is 2. The first-order valence-electron chi connectivity index (χ1n) is 8.54. The Balaban J connectivity index is 1.63. The van der Waals surface area contributed by atoms with Crippen molar-refractivity contribution in [3.63, 3.8) is 0 Å². The third-order valence-electron chi connectivity index (χ3n) is 4.04. The number of nitrogens with one attached hydrogen (secondary N) is 2.